The Hall–Kier alpha value is -2.62. The number of H-pyrrole nitrogens is 1. The number of hydrogen-bond donors (Lipinski definition) is 1. The van der Waals surface area contributed by atoms with Gasteiger partial charge in [-0.15, -0.1) is 0 Å². The molecule has 0 unspecified atom stereocenters. The van der Waals surface area contributed by atoms with E-state index in [1.54, 1.807) is 18.2 Å². The molecule has 0 aliphatic carbocycles. The van der Waals surface area contributed by atoms with E-state index in [1.807, 2.05) is 25.1 Å². The topological polar surface area (TPSA) is 59.2 Å². The molecule has 0 aliphatic heterocycles. The van der Waals surface area contributed by atoms with E-state index < -0.39 is 5.97 Å². The summed E-state index contributed by atoms with van der Waals surface area (Å²) < 4.78 is 4.79. The smallest absolute Gasteiger partial charge is 0.340 e. The van der Waals surface area contributed by atoms with Gasteiger partial charge in [-0.05, 0) is 36.8 Å². The molecule has 1 aromatic heterocycles. The van der Waals surface area contributed by atoms with Crippen molar-refractivity contribution in [2.24, 2.45) is 0 Å². The molecule has 3 rings (SSSR count). The molecule has 1 heterocycles. The van der Waals surface area contributed by atoms with Crippen molar-refractivity contribution < 1.29 is 9.53 Å². The highest BCUT2D eigenvalue weighted by molar-refractivity contribution is 6.05. The van der Waals surface area contributed by atoms with Crippen LogP contribution in [0.2, 0.25) is 0 Å². The Morgan fingerprint density at radius 3 is 2.65 bits per heavy atom. The van der Waals surface area contributed by atoms with Gasteiger partial charge in [0.15, 0.2) is 5.43 Å². The minimum atomic E-state index is -0.454. The number of para-hydroxylation sites is 1. The average Bonchev–Trinajstić information content (AvgIpc) is 2.47. The normalized spacial score (nSPS) is 10.9. The Kier molecular flexibility index (Phi) is 2.79. The zero-order chi connectivity index (χ0) is 14.3. The molecule has 0 saturated carbocycles. The molecule has 0 radical (unpaired) electrons. The van der Waals surface area contributed by atoms with Gasteiger partial charge in [-0.25, -0.2) is 4.79 Å². The van der Waals surface area contributed by atoms with E-state index in [4.69, 9.17) is 4.74 Å². The van der Waals surface area contributed by atoms with Crippen LogP contribution in [0.3, 0.4) is 0 Å². The van der Waals surface area contributed by atoms with Gasteiger partial charge in [-0.1, -0.05) is 12.1 Å². The first kappa shape index (κ1) is 12.4. The molecule has 3 aromatic rings. The lowest BCUT2D eigenvalue weighted by Gasteiger charge is -2.08. The summed E-state index contributed by atoms with van der Waals surface area (Å²) >= 11 is 0. The van der Waals surface area contributed by atoms with Crippen molar-refractivity contribution in [3.63, 3.8) is 0 Å². The standard InChI is InChI=1S/C16H13NO3/c1-9-7-11-14(12(8-9)16(19)20-2)17-13-6-4-3-5-10(13)15(11)18/h3-8H,1-2H3,(H,17,18). The van der Waals surface area contributed by atoms with Crippen molar-refractivity contribution in [3.8, 4) is 0 Å². The number of benzene rings is 2. The van der Waals surface area contributed by atoms with Gasteiger partial charge >= 0.3 is 5.97 Å². The molecular formula is C16H13NO3. The number of ether oxygens (including phenoxy) is 1. The van der Waals surface area contributed by atoms with Crippen LogP contribution in [-0.2, 0) is 4.74 Å². The van der Waals surface area contributed by atoms with Crippen molar-refractivity contribution in [2.45, 2.75) is 6.92 Å². The number of fused-ring (bicyclic) bond motifs is 2. The summed E-state index contributed by atoms with van der Waals surface area (Å²) in [6.45, 7) is 1.85. The van der Waals surface area contributed by atoms with Crippen molar-refractivity contribution >= 4 is 27.8 Å². The van der Waals surface area contributed by atoms with E-state index in [1.165, 1.54) is 7.11 Å². The first-order chi connectivity index (χ1) is 9.61. The Bertz CT molecular complexity index is 893. The van der Waals surface area contributed by atoms with Crippen LogP contribution < -0.4 is 5.43 Å². The second-order valence-corrected chi connectivity index (χ2v) is 4.73. The second kappa shape index (κ2) is 4.49. The van der Waals surface area contributed by atoms with Gasteiger partial charge in [0.25, 0.3) is 0 Å². The van der Waals surface area contributed by atoms with Crippen molar-refractivity contribution in [3.05, 3.63) is 57.7 Å². The molecule has 4 heteroatoms. The highest BCUT2D eigenvalue weighted by atomic mass is 16.5. The number of aromatic nitrogens is 1. The maximum atomic E-state index is 12.5. The summed E-state index contributed by atoms with van der Waals surface area (Å²) in [6.07, 6.45) is 0. The van der Waals surface area contributed by atoms with Crippen LogP contribution in [0, 0.1) is 6.92 Å². The van der Waals surface area contributed by atoms with Crippen molar-refractivity contribution in [2.75, 3.05) is 7.11 Å². The Morgan fingerprint density at radius 2 is 1.90 bits per heavy atom. The quantitative estimate of drug-likeness (QED) is 0.545. The van der Waals surface area contributed by atoms with Gasteiger partial charge in [0.1, 0.15) is 0 Å². The molecule has 0 saturated heterocycles. The number of methoxy groups -OCH3 is 1. The predicted molar refractivity (Wildman–Crippen MR) is 78.2 cm³/mol. The first-order valence-corrected chi connectivity index (χ1v) is 6.25. The number of aromatic amines is 1. The second-order valence-electron chi connectivity index (χ2n) is 4.73. The minimum absolute atomic E-state index is 0.0804. The third kappa shape index (κ3) is 1.77. The third-order valence-electron chi connectivity index (χ3n) is 3.36. The lowest BCUT2D eigenvalue weighted by Crippen LogP contribution is -2.10. The molecule has 0 fully saturated rings. The van der Waals surface area contributed by atoms with E-state index in [2.05, 4.69) is 4.98 Å². The number of hydrogen-bond acceptors (Lipinski definition) is 3. The Labute approximate surface area is 115 Å². The Balaban J connectivity index is 2.54. The number of carbonyl (C=O) groups is 1. The third-order valence-corrected chi connectivity index (χ3v) is 3.36. The van der Waals surface area contributed by atoms with Crippen LogP contribution in [0.25, 0.3) is 21.8 Å². The molecule has 0 amide bonds. The maximum Gasteiger partial charge on any atom is 0.340 e. The molecule has 1 N–H and O–H groups in total. The number of rotatable bonds is 1. The molecule has 0 aliphatic rings. The molecule has 0 bridgehead atoms. The number of esters is 1. The lowest BCUT2D eigenvalue weighted by atomic mass is 10.0. The molecule has 20 heavy (non-hydrogen) atoms. The summed E-state index contributed by atoms with van der Waals surface area (Å²) in [5, 5.41) is 1.12. The number of pyridine rings is 1. The van der Waals surface area contributed by atoms with Crippen LogP contribution in [0.5, 0.6) is 0 Å². The summed E-state index contributed by atoms with van der Waals surface area (Å²) in [7, 11) is 1.33. The average molecular weight is 267 g/mol. The zero-order valence-electron chi connectivity index (χ0n) is 11.2. The van der Waals surface area contributed by atoms with Gasteiger partial charge < -0.3 is 9.72 Å². The lowest BCUT2D eigenvalue weighted by molar-refractivity contribution is 0.0602. The fraction of sp³-hybridized carbons (Fsp3) is 0.125. The monoisotopic (exact) mass is 267 g/mol. The molecule has 2 aromatic carbocycles. The van der Waals surface area contributed by atoms with Gasteiger partial charge in [0.05, 0.1) is 18.2 Å². The largest absolute Gasteiger partial charge is 0.465 e. The predicted octanol–water partition coefficient (Wildman–Crippen LogP) is 2.78. The maximum absolute atomic E-state index is 12.5. The SMILES string of the molecule is COC(=O)c1cc(C)cc2c(=O)c3ccccc3[nH]c12. The summed E-state index contributed by atoms with van der Waals surface area (Å²) in [5.41, 5.74) is 2.37. The highest BCUT2D eigenvalue weighted by Crippen LogP contribution is 2.20. The number of aryl methyl sites for hydroxylation is 1. The van der Waals surface area contributed by atoms with Gasteiger partial charge in [0.2, 0.25) is 0 Å². The van der Waals surface area contributed by atoms with E-state index >= 15 is 0 Å². The zero-order valence-corrected chi connectivity index (χ0v) is 11.2. The summed E-state index contributed by atoms with van der Waals surface area (Å²) in [4.78, 5) is 27.6. The molecule has 0 atom stereocenters. The molecule has 4 nitrogen and oxygen atoms in total. The number of nitrogens with one attached hydrogen (secondary N) is 1. The van der Waals surface area contributed by atoms with Crippen LogP contribution >= 0.6 is 0 Å². The molecular weight excluding hydrogens is 254 g/mol. The highest BCUT2D eigenvalue weighted by Gasteiger charge is 2.15. The van der Waals surface area contributed by atoms with Gasteiger partial charge in [-0.3, -0.25) is 4.79 Å². The van der Waals surface area contributed by atoms with Crippen LogP contribution in [0.15, 0.2) is 41.2 Å². The first-order valence-electron chi connectivity index (χ1n) is 6.25. The summed E-state index contributed by atoms with van der Waals surface area (Å²) in [5.74, 6) is -0.454. The summed E-state index contributed by atoms with van der Waals surface area (Å²) in [6, 6.07) is 10.8. The number of carbonyl (C=O) groups excluding carboxylic acids is 1. The van der Waals surface area contributed by atoms with E-state index in [0.717, 1.165) is 5.56 Å². The van der Waals surface area contributed by atoms with E-state index in [0.29, 0.717) is 27.4 Å². The minimum Gasteiger partial charge on any atom is -0.465 e. The fourth-order valence-electron chi connectivity index (χ4n) is 2.44. The van der Waals surface area contributed by atoms with Gasteiger partial charge in [0, 0.05) is 16.3 Å². The van der Waals surface area contributed by atoms with Crippen LogP contribution in [0.4, 0.5) is 0 Å². The van der Waals surface area contributed by atoms with Gasteiger partial charge in [-0.2, -0.15) is 0 Å². The fourth-order valence-corrected chi connectivity index (χ4v) is 2.44. The van der Waals surface area contributed by atoms with Crippen LogP contribution in [-0.4, -0.2) is 18.1 Å². The van der Waals surface area contributed by atoms with Crippen molar-refractivity contribution in [1.82, 2.24) is 4.98 Å². The van der Waals surface area contributed by atoms with E-state index in [9.17, 15) is 9.59 Å². The molecule has 100 valence electrons. The van der Waals surface area contributed by atoms with Crippen LogP contribution in [0.1, 0.15) is 15.9 Å². The van der Waals surface area contributed by atoms with Crippen molar-refractivity contribution in [1.29, 1.82) is 0 Å². The molecule has 0 spiro atoms. The Morgan fingerprint density at radius 1 is 1.15 bits per heavy atom. The van der Waals surface area contributed by atoms with E-state index in [-0.39, 0.29) is 5.43 Å².